The first-order chi connectivity index (χ1) is 24.0. The molecule has 50 heavy (non-hydrogen) atoms. The maximum absolute atomic E-state index is 14.0. The molecule has 0 spiro atoms. The van der Waals surface area contributed by atoms with Crippen molar-refractivity contribution in [3.05, 3.63) is 71.8 Å². The summed E-state index contributed by atoms with van der Waals surface area (Å²) in [6.07, 6.45) is 5.10. The third-order valence-corrected chi connectivity index (χ3v) is 9.17. The molecule has 14 heteroatoms. The Morgan fingerprint density at radius 1 is 0.900 bits per heavy atom. The van der Waals surface area contributed by atoms with Crippen molar-refractivity contribution < 1.29 is 38.7 Å². The Balaban J connectivity index is 1.46. The summed E-state index contributed by atoms with van der Waals surface area (Å²) in [7, 11) is 1.66. The first-order valence-corrected chi connectivity index (χ1v) is 17.1. The number of likely N-dealkylation sites (N-methyl/N-ethyl adjacent to an activating group) is 1. The fourth-order valence-electron chi connectivity index (χ4n) is 6.59. The van der Waals surface area contributed by atoms with Crippen LogP contribution in [-0.4, -0.2) is 94.6 Å². The van der Waals surface area contributed by atoms with E-state index in [4.69, 9.17) is 0 Å². The molecule has 2 aromatic carbocycles. The number of carbonyl (C=O) groups excluding carboxylic acids is 6. The van der Waals surface area contributed by atoms with Crippen LogP contribution in [0, 0.1) is 5.92 Å². The number of aliphatic carboxylic acids is 1. The molecule has 1 aliphatic carbocycles. The van der Waals surface area contributed by atoms with Crippen molar-refractivity contribution in [3.8, 4) is 0 Å². The summed E-state index contributed by atoms with van der Waals surface area (Å²) in [6, 6.07) is 11.9. The average Bonchev–Trinajstić information content (AvgIpc) is 3.45. The molecule has 4 rings (SSSR count). The monoisotopic (exact) mass is 690 g/mol. The highest BCUT2D eigenvalue weighted by Crippen LogP contribution is 2.29. The van der Waals surface area contributed by atoms with E-state index in [2.05, 4.69) is 21.3 Å². The van der Waals surface area contributed by atoms with E-state index < -0.39 is 72.1 Å². The molecule has 2 aliphatic rings. The largest absolute Gasteiger partial charge is 0.479 e. The van der Waals surface area contributed by atoms with Gasteiger partial charge in [0.25, 0.3) is 5.91 Å². The number of benzene rings is 2. The van der Waals surface area contributed by atoms with Gasteiger partial charge in [0, 0.05) is 6.54 Å². The second-order valence-corrected chi connectivity index (χ2v) is 12.7. The molecule has 2 fully saturated rings. The molecule has 0 radical (unpaired) electrons. The Hall–Kier alpha value is -5.11. The predicted molar refractivity (Wildman–Crippen MR) is 182 cm³/mol. The molecule has 2 aromatic rings. The number of nitrogens with zero attached hydrogens (tertiary/aromatic N) is 2. The van der Waals surface area contributed by atoms with Gasteiger partial charge in [-0.1, -0.05) is 93.3 Å². The van der Waals surface area contributed by atoms with Crippen LogP contribution < -0.4 is 21.3 Å². The maximum Gasteiger partial charge on any atom is 0.330 e. The van der Waals surface area contributed by atoms with Gasteiger partial charge in [-0.2, -0.15) is 0 Å². The van der Waals surface area contributed by atoms with E-state index in [9.17, 15) is 38.7 Å². The molecular formula is C36H46N6O8. The van der Waals surface area contributed by atoms with E-state index in [-0.39, 0.29) is 25.4 Å². The lowest BCUT2D eigenvalue weighted by molar-refractivity contribution is -0.143. The Kier molecular flexibility index (Phi) is 13.6. The van der Waals surface area contributed by atoms with Gasteiger partial charge < -0.3 is 31.3 Å². The minimum Gasteiger partial charge on any atom is -0.479 e. The number of rotatable bonds is 16. The number of urea groups is 1. The average molecular weight is 691 g/mol. The van der Waals surface area contributed by atoms with Gasteiger partial charge >= 0.3 is 12.0 Å². The van der Waals surface area contributed by atoms with Crippen LogP contribution in [0.2, 0.25) is 0 Å². The van der Waals surface area contributed by atoms with Crippen LogP contribution in [0.15, 0.2) is 60.7 Å². The SMILES string of the molecule is CCCC(NC(=O)C1CN(Cc2ccccc2)C(=O)N1C(=O)C(NC)C1CCCCC1)C(=O)C(=O)NCC(=O)N[C@@H](C(=O)O)c1ccccc1. The van der Waals surface area contributed by atoms with Gasteiger partial charge in [-0.05, 0) is 43.4 Å². The molecule has 1 aliphatic heterocycles. The van der Waals surface area contributed by atoms with Crippen LogP contribution in [0.5, 0.6) is 0 Å². The molecule has 1 saturated carbocycles. The summed E-state index contributed by atoms with van der Waals surface area (Å²) in [4.78, 5) is 94.6. The Morgan fingerprint density at radius 3 is 2.14 bits per heavy atom. The van der Waals surface area contributed by atoms with Gasteiger partial charge in [0.1, 0.15) is 6.04 Å². The van der Waals surface area contributed by atoms with E-state index >= 15 is 0 Å². The van der Waals surface area contributed by atoms with Crippen molar-refractivity contribution in [2.45, 2.75) is 82.6 Å². The Bertz CT molecular complexity index is 1530. The van der Waals surface area contributed by atoms with Crippen molar-refractivity contribution in [3.63, 3.8) is 0 Å². The predicted octanol–water partition coefficient (Wildman–Crippen LogP) is 1.90. The van der Waals surface area contributed by atoms with Gasteiger partial charge in [0.15, 0.2) is 6.04 Å². The smallest absolute Gasteiger partial charge is 0.330 e. The normalized spacial score (nSPS) is 18.1. The van der Waals surface area contributed by atoms with Gasteiger partial charge in [-0.15, -0.1) is 0 Å². The number of carbonyl (C=O) groups is 7. The number of amides is 6. The van der Waals surface area contributed by atoms with Crippen LogP contribution in [0.4, 0.5) is 4.79 Å². The van der Waals surface area contributed by atoms with Gasteiger partial charge in [0.2, 0.25) is 23.5 Å². The lowest BCUT2D eigenvalue weighted by Gasteiger charge is -2.32. The molecule has 1 saturated heterocycles. The number of hydrogen-bond acceptors (Lipinski definition) is 8. The minimum absolute atomic E-state index is 0.00489. The number of carboxylic acids is 1. The summed E-state index contributed by atoms with van der Waals surface area (Å²) < 4.78 is 0. The standard InChI is InChI=1S/C36H46N6O8/c1-3-13-26(31(44)33(46)38-20-28(43)40-30(35(48)49)25-18-11-6-12-19-25)39-32(45)27-22-41(21-23-14-7-4-8-15-23)36(50)42(27)34(47)29(37-2)24-16-9-5-10-17-24/h4,6-8,11-12,14-15,18-19,24,26-27,29-30,37H,3,5,9-10,13,16-17,20-22H2,1-2H3,(H,38,46)(H,39,45)(H,40,43)(H,48,49)/t26?,27?,29?,30-/m1/s1. The third-order valence-electron chi connectivity index (χ3n) is 9.17. The minimum atomic E-state index is -1.37. The molecule has 0 aromatic heterocycles. The molecule has 5 N–H and O–H groups in total. The van der Waals surface area contributed by atoms with Crippen molar-refractivity contribution in [2.24, 2.45) is 5.92 Å². The molecule has 3 unspecified atom stereocenters. The molecule has 14 nitrogen and oxygen atoms in total. The molecule has 4 atom stereocenters. The van der Waals surface area contributed by atoms with Crippen molar-refractivity contribution in [2.75, 3.05) is 20.1 Å². The molecule has 268 valence electrons. The molecular weight excluding hydrogens is 644 g/mol. The number of nitrogens with one attached hydrogen (secondary N) is 4. The van der Waals surface area contributed by atoms with Gasteiger partial charge in [-0.3, -0.25) is 24.0 Å². The van der Waals surface area contributed by atoms with E-state index in [1.807, 2.05) is 30.3 Å². The Labute approximate surface area is 291 Å². The number of carboxylic acid groups (broad SMARTS) is 1. The number of Topliss-reactive ketones (excluding diaryl/α,β-unsaturated/α-hetero) is 1. The van der Waals surface area contributed by atoms with Gasteiger partial charge in [-0.25, -0.2) is 14.5 Å². The summed E-state index contributed by atoms with van der Waals surface area (Å²) in [5.41, 5.74) is 1.13. The quantitative estimate of drug-likeness (QED) is 0.164. The number of imide groups is 1. The molecule has 0 bridgehead atoms. The van der Waals surface area contributed by atoms with Crippen molar-refractivity contribution in [1.29, 1.82) is 0 Å². The second kappa shape index (κ2) is 18.0. The zero-order valence-corrected chi connectivity index (χ0v) is 28.4. The fourth-order valence-corrected chi connectivity index (χ4v) is 6.59. The Morgan fingerprint density at radius 2 is 1.54 bits per heavy atom. The molecule has 6 amide bonds. The zero-order valence-electron chi connectivity index (χ0n) is 28.4. The van der Waals surface area contributed by atoms with E-state index in [1.54, 1.807) is 32.2 Å². The van der Waals surface area contributed by atoms with Gasteiger partial charge in [0.05, 0.1) is 25.2 Å². The fraction of sp³-hybridized carbons (Fsp3) is 0.472. The topological polar surface area (TPSA) is 194 Å². The summed E-state index contributed by atoms with van der Waals surface area (Å²) >= 11 is 0. The van der Waals surface area contributed by atoms with Crippen molar-refractivity contribution >= 4 is 41.4 Å². The first kappa shape index (κ1) is 37.7. The highest BCUT2D eigenvalue weighted by molar-refractivity contribution is 6.38. The lowest BCUT2D eigenvalue weighted by Crippen LogP contribution is -2.58. The summed E-state index contributed by atoms with van der Waals surface area (Å²) in [5.74, 6) is -5.61. The highest BCUT2D eigenvalue weighted by Gasteiger charge is 2.48. The zero-order chi connectivity index (χ0) is 36.2. The van der Waals surface area contributed by atoms with Crippen LogP contribution >= 0.6 is 0 Å². The first-order valence-electron chi connectivity index (χ1n) is 17.1. The second-order valence-electron chi connectivity index (χ2n) is 12.7. The van der Waals surface area contributed by atoms with Crippen LogP contribution in [-0.2, 0) is 35.3 Å². The summed E-state index contributed by atoms with van der Waals surface area (Å²) in [6.45, 7) is 1.12. The highest BCUT2D eigenvalue weighted by atomic mass is 16.4. The third kappa shape index (κ3) is 9.53. The van der Waals surface area contributed by atoms with Crippen molar-refractivity contribution in [1.82, 2.24) is 31.1 Å². The van der Waals surface area contributed by atoms with Crippen LogP contribution in [0.25, 0.3) is 0 Å². The number of hydrogen-bond donors (Lipinski definition) is 5. The van der Waals surface area contributed by atoms with E-state index in [0.29, 0.717) is 12.0 Å². The van der Waals surface area contributed by atoms with Crippen LogP contribution in [0.1, 0.15) is 69.0 Å². The van der Waals surface area contributed by atoms with E-state index in [0.717, 1.165) is 42.6 Å². The summed E-state index contributed by atoms with van der Waals surface area (Å²) in [5, 5.41) is 19.8. The van der Waals surface area contributed by atoms with E-state index in [1.165, 1.54) is 17.0 Å². The number of ketones is 1. The van der Waals surface area contributed by atoms with Crippen LogP contribution in [0.3, 0.4) is 0 Å². The lowest BCUT2D eigenvalue weighted by atomic mass is 9.83. The maximum atomic E-state index is 14.0. The molecule has 1 heterocycles.